The van der Waals surface area contributed by atoms with Gasteiger partial charge >= 0.3 is 0 Å². The van der Waals surface area contributed by atoms with Crippen LogP contribution in [-0.4, -0.2) is 31.1 Å². The average Bonchev–Trinajstić information content (AvgIpc) is 2.93. The fourth-order valence-corrected chi connectivity index (χ4v) is 3.48. The third-order valence-corrected chi connectivity index (χ3v) is 5.27. The smallest absolute Gasteiger partial charge is 0.0511 e. The number of rotatable bonds is 8. The van der Waals surface area contributed by atoms with Crippen LogP contribution in [0, 0.1) is 0 Å². The predicted molar refractivity (Wildman–Crippen MR) is 162 cm³/mol. The molecule has 2 atom stereocenters. The number of nitrogens with two attached hydrogens (primary N) is 1. The van der Waals surface area contributed by atoms with Gasteiger partial charge in [-0.3, -0.25) is 9.98 Å². The summed E-state index contributed by atoms with van der Waals surface area (Å²) < 4.78 is 0. The van der Waals surface area contributed by atoms with Crippen LogP contribution >= 0.6 is 0 Å². The van der Waals surface area contributed by atoms with Gasteiger partial charge in [0.1, 0.15) is 0 Å². The highest BCUT2D eigenvalue weighted by Gasteiger charge is 1.99. The number of hydrogen-bond donors (Lipinski definition) is 1. The molecule has 0 unspecified atom stereocenters. The van der Waals surface area contributed by atoms with E-state index in [1.54, 1.807) is 0 Å². The van der Waals surface area contributed by atoms with Gasteiger partial charge in [0.25, 0.3) is 0 Å². The molecule has 2 N–H and O–H groups in total. The first-order valence-corrected chi connectivity index (χ1v) is 13.0. The van der Waals surface area contributed by atoms with E-state index in [9.17, 15) is 0 Å². The van der Waals surface area contributed by atoms with E-state index in [4.69, 9.17) is 5.73 Å². The van der Waals surface area contributed by atoms with E-state index < -0.39 is 0 Å². The van der Waals surface area contributed by atoms with Crippen LogP contribution in [0.3, 0.4) is 0 Å². The van der Waals surface area contributed by atoms with E-state index >= 15 is 0 Å². The van der Waals surface area contributed by atoms with Gasteiger partial charge in [0, 0.05) is 25.0 Å². The van der Waals surface area contributed by atoms with Crippen LogP contribution in [0.1, 0.15) is 43.0 Å². The van der Waals surface area contributed by atoms with Crippen molar-refractivity contribution in [3.05, 3.63) is 144 Å². The van der Waals surface area contributed by atoms with Crippen molar-refractivity contribution in [2.24, 2.45) is 15.7 Å². The molecule has 0 saturated heterocycles. The highest BCUT2D eigenvalue weighted by molar-refractivity contribution is 5.79. The topological polar surface area (TPSA) is 50.7 Å². The summed E-state index contributed by atoms with van der Waals surface area (Å²) >= 11 is 0. The molecule has 0 aliphatic rings. The zero-order valence-electron chi connectivity index (χ0n) is 22.4. The Hall–Kier alpha value is -3.82. The molecule has 0 aliphatic carbocycles. The zero-order valence-corrected chi connectivity index (χ0v) is 22.4. The maximum Gasteiger partial charge on any atom is 0.0511 e. The maximum atomic E-state index is 5.62. The first-order chi connectivity index (χ1) is 18.1. The van der Waals surface area contributed by atoms with Crippen LogP contribution < -0.4 is 5.73 Å². The summed E-state index contributed by atoms with van der Waals surface area (Å²) in [5, 5.41) is 0. The van der Waals surface area contributed by atoms with Gasteiger partial charge in [0.05, 0.1) is 6.04 Å². The largest absolute Gasteiger partial charge is 0.328 e. The zero-order chi connectivity index (χ0) is 26.6. The minimum absolute atomic E-state index is 0.266. The Bertz CT molecular complexity index is 1120. The first-order valence-electron chi connectivity index (χ1n) is 13.0. The Balaban J connectivity index is 0.000000208. The van der Waals surface area contributed by atoms with Crippen LogP contribution in [-0.2, 0) is 12.8 Å². The van der Waals surface area contributed by atoms with Crippen LogP contribution in [0.15, 0.2) is 131 Å². The molecule has 0 aliphatic heterocycles. The van der Waals surface area contributed by atoms with Gasteiger partial charge in [-0.2, -0.15) is 0 Å². The molecule has 0 spiro atoms. The molecular weight excluding hydrogens is 450 g/mol. The molecule has 0 heterocycles. The summed E-state index contributed by atoms with van der Waals surface area (Å²) in [5.41, 5.74) is 10.6. The van der Waals surface area contributed by atoms with Gasteiger partial charge in [-0.25, -0.2) is 0 Å². The fraction of sp³-hybridized carbons (Fsp3) is 0.235. The molecule has 0 amide bonds. The molecule has 4 aromatic carbocycles. The lowest BCUT2D eigenvalue weighted by Crippen LogP contribution is -2.17. The molecule has 37 heavy (non-hydrogen) atoms. The summed E-state index contributed by atoms with van der Waals surface area (Å²) in [4.78, 5) is 8.68. The Morgan fingerprint density at radius 1 is 0.595 bits per heavy atom. The van der Waals surface area contributed by atoms with Gasteiger partial charge in [-0.05, 0) is 55.9 Å². The van der Waals surface area contributed by atoms with E-state index in [-0.39, 0.29) is 6.04 Å². The highest BCUT2D eigenvalue weighted by Crippen LogP contribution is 2.06. The Morgan fingerprint density at radius 2 is 1.00 bits per heavy atom. The summed E-state index contributed by atoms with van der Waals surface area (Å²) in [7, 11) is 0. The molecule has 0 bridgehead atoms. The van der Waals surface area contributed by atoms with Crippen LogP contribution in [0.4, 0.5) is 0 Å². The molecule has 4 rings (SSSR count). The van der Waals surface area contributed by atoms with E-state index in [1.807, 2.05) is 99.1 Å². The van der Waals surface area contributed by atoms with Crippen molar-refractivity contribution < 1.29 is 0 Å². The van der Waals surface area contributed by atoms with Crippen molar-refractivity contribution in [1.29, 1.82) is 0 Å². The second kappa shape index (κ2) is 18.4. The summed E-state index contributed by atoms with van der Waals surface area (Å²) in [6.45, 7) is 7.05. The summed E-state index contributed by atoms with van der Waals surface area (Å²) in [6.07, 6.45) is 5.80. The molecule has 192 valence electrons. The predicted octanol–water partition coefficient (Wildman–Crippen LogP) is 7.44. The lowest BCUT2D eigenvalue weighted by Gasteiger charge is -2.05. The van der Waals surface area contributed by atoms with Crippen LogP contribution in [0.2, 0.25) is 0 Å². The second-order valence-electron chi connectivity index (χ2n) is 8.93. The Kier molecular flexibility index (Phi) is 14.7. The SMILES string of the molecule is CCN=Cc1ccccc1.C[C@@H](Cc1ccccc1)N=Cc1ccccc1.C[C@H](N)Cc1ccccc1. The van der Waals surface area contributed by atoms with Gasteiger partial charge in [-0.15, -0.1) is 0 Å². The number of hydrogen-bond acceptors (Lipinski definition) is 3. The average molecular weight is 492 g/mol. The molecule has 0 radical (unpaired) electrons. The number of aliphatic imine (C=N–C) groups is 2. The van der Waals surface area contributed by atoms with Crippen molar-refractivity contribution in [3.8, 4) is 0 Å². The van der Waals surface area contributed by atoms with E-state index in [1.165, 1.54) is 16.7 Å². The highest BCUT2D eigenvalue weighted by atomic mass is 14.7. The summed E-state index contributed by atoms with van der Waals surface area (Å²) in [5.74, 6) is 0. The maximum absolute atomic E-state index is 5.62. The van der Waals surface area contributed by atoms with Gasteiger partial charge in [-0.1, -0.05) is 121 Å². The van der Waals surface area contributed by atoms with Gasteiger partial charge in [0.2, 0.25) is 0 Å². The second-order valence-corrected chi connectivity index (χ2v) is 8.93. The summed E-state index contributed by atoms with van der Waals surface area (Å²) in [6, 6.07) is 41.7. The molecule has 0 saturated carbocycles. The van der Waals surface area contributed by atoms with Crippen molar-refractivity contribution in [2.45, 2.75) is 45.7 Å². The molecular formula is C34H41N3. The molecule has 0 aromatic heterocycles. The third-order valence-electron chi connectivity index (χ3n) is 5.27. The van der Waals surface area contributed by atoms with Gasteiger partial charge in [0.15, 0.2) is 0 Å². The van der Waals surface area contributed by atoms with Gasteiger partial charge < -0.3 is 5.73 Å². The number of benzene rings is 4. The third kappa shape index (κ3) is 14.4. The first kappa shape index (κ1) is 29.4. The lowest BCUT2D eigenvalue weighted by molar-refractivity contribution is 0.738. The molecule has 4 aromatic rings. The fourth-order valence-electron chi connectivity index (χ4n) is 3.48. The van der Waals surface area contributed by atoms with E-state index in [0.29, 0.717) is 6.04 Å². The van der Waals surface area contributed by atoms with Crippen LogP contribution in [0.5, 0.6) is 0 Å². The van der Waals surface area contributed by atoms with E-state index in [2.05, 4.69) is 65.4 Å². The number of nitrogens with zero attached hydrogens (tertiary/aromatic N) is 2. The van der Waals surface area contributed by atoms with E-state index in [0.717, 1.165) is 24.9 Å². The van der Waals surface area contributed by atoms with Crippen molar-refractivity contribution >= 4 is 12.4 Å². The minimum Gasteiger partial charge on any atom is -0.328 e. The van der Waals surface area contributed by atoms with Crippen molar-refractivity contribution in [3.63, 3.8) is 0 Å². The van der Waals surface area contributed by atoms with Crippen molar-refractivity contribution in [2.75, 3.05) is 6.54 Å². The Morgan fingerprint density at radius 3 is 1.43 bits per heavy atom. The lowest BCUT2D eigenvalue weighted by atomic mass is 10.1. The quantitative estimate of drug-likeness (QED) is 0.256. The normalized spacial score (nSPS) is 12.2. The molecule has 3 nitrogen and oxygen atoms in total. The van der Waals surface area contributed by atoms with Crippen LogP contribution in [0.25, 0.3) is 0 Å². The Labute approximate surface area is 223 Å². The monoisotopic (exact) mass is 491 g/mol. The standard InChI is InChI=1S/C16H17N.C9H13N.C9H11N/c1-14(12-15-8-4-2-5-9-15)17-13-16-10-6-3-7-11-16;1-8(10)7-9-5-3-2-4-6-9;1-2-10-8-9-6-4-3-5-7-9/h2-11,13-14H,12H2,1H3;2-6,8H,7,10H2,1H3;3-8H,2H2,1H3/t14-;8-;/m00./s1. The minimum atomic E-state index is 0.266. The van der Waals surface area contributed by atoms with Crippen molar-refractivity contribution in [1.82, 2.24) is 0 Å². The molecule has 0 fully saturated rings. The molecule has 3 heteroatoms.